The molecule has 28 heavy (non-hydrogen) atoms. The summed E-state index contributed by atoms with van der Waals surface area (Å²) < 4.78 is 0. The highest BCUT2D eigenvalue weighted by Gasteiger charge is 2.24. The van der Waals surface area contributed by atoms with Crippen molar-refractivity contribution < 1.29 is 0 Å². The molecule has 0 spiro atoms. The normalized spacial score (nSPS) is 15.2. The van der Waals surface area contributed by atoms with E-state index >= 15 is 0 Å². The van der Waals surface area contributed by atoms with E-state index in [4.69, 9.17) is 5.73 Å². The van der Waals surface area contributed by atoms with Crippen LogP contribution in [-0.2, 0) is 0 Å². The minimum absolute atomic E-state index is 0.280. The van der Waals surface area contributed by atoms with Crippen molar-refractivity contribution in [2.75, 3.05) is 18.0 Å². The summed E-state index contributed by atoms with van der Waals surface area (Å²) in [6.07, 6.45) is 3.86. The number of anilines is 1. The number of aromatic nitrogens is 3. The van der Waals surface area contributed by atoms with Gasteiger partial charge in [0.25, 0.3) is 0 Å². The molecular formula is C23H23N5. The van der Waals surface area contributed by atoms with Crippen molar-refractivity contribution in [1.29, 1.82) is 0 Å². The Labute approximate surface area is 164 Å². The molecule has 1 fully saturated rings. The van der Waals surface area contributed by atoms with Crippen LogP contribution in [0, 0.1) is 0 Å². The lowest BCUT2D eigenvalue weighted by Crippen LogP contribution is -2.40. The third kappa shape index (κ3) is 3.04. The van der Waals surface area contributed by atoms with Gasteiger partial charge in [0.15, 0.2) is 0 Å². The number of nitrogens with one attached hydrogen (secondary N) is 1. The molecule has 1 saturated heterocycles. The van der Waals surface area contributed by atoms with E-state index < -0.39 is 0 Å². The van der Waals surface area contributed by atoms with Gasteiger partial charge in [-0.05, 0) is 30.5 Å². The van der Waals surface area contributed by atoms with Crippen LogP contribution in [0.25, 0.3) is 33.4 Å². The summed E-state index contributed by atoms with van der Waals surface area (Å²) in [6, 6.07) is 21.2. The third-order valence-electron chi connectivity index (χ3n) is 5.55. The van der Waals surface area contributed by atoms with Crippen LogP contribution in [0.2, 0.25) is 0 Å². The number of nitrogens with two attached hydrogens (primary N) is 1. The molecule has 5 rings (SSSR count). The van der Waals surface area contributed by atoms with Crippen LogP contribution < -0.4 is 10.6 Å². The highest BCUT2D eigenvalue weighted by Crippen LogP contribution is 2.39. The molecule has 5 nitrogen and oxygen atoms in total. The van der Waals surface area contributed by atoms with E-state index in [1.165, 1.54) is 5.39 Å². The Balaban J connectivity index is 1.70. The number of H-pyrrole nitrogens is 1. The molecule has 3 heterocycles. The highest BCUT2D eigenvalue weighted by atomic mass is 15.2. The van der Waals surface area contributed by atoms with Crippen molar-refractivity contribution in [1.82, 2.24) is 15.2 Å². The molecule has 0 amide bonds. The Morgan fingerprint density at radius 3 is 2.50 bits per heavy atom. The number of piperidine rings is 1. The van der Waals surface area contributed by atoms with Gasteiger partial charge in [0.05, 0.1) is 17.6 Å². The number of hydrogen-bond donors (Lipinski definition) is 2. The summed E-state index contributed by atoms with van der Waals surface area (Å²) in [5.41, 5.74) is 12.6. The molecule has 0 unspecified atom stereocenters. The van der Waals surface area contributed by atoms with Gasteiger partial charge in [-0.15, -0.1) is 5.10 Å². The standard InChI is InChI=1S/C23H23N5/c24-18-10-12-28(13-11-18)23-19(16-6-2-1-3-7-16)15-25-27-22(23)21-14-17-8-4-5-9-20(17)26-21/h1-9,14-15,18,26H,10-13,24H2. The molecule has 1 aliphatic heterocycles. The van der Waals surface area contributed by atoms with Gasteiger partial charge in [-0.25, -0.2) is 0 Å². The van der Waals surface area contributed by atoms with Crippen LogP contribution in [0.3, 0.4) is 0 Å². The molecule has 0 bridgehead atoms. The molecule has 5 heteroatoms. The molecule has 0 radical (unpaired) electrons. The predicted octanol–water partition coefficient (Wildman–Crippen LogP) is 4.22. The number of nitrogens with zero attached hydrogens (tertiary/aromatic N) is 3. The molecule has 0 atom stereocenters. The van der Waals surface area contributed by atoms with Gasteiger partial charge < -0.3 is 15.6 Å². The highest BCUT2D eigenvalue weighted by molar-refractivity contribution is 5.92. The number of aromatic amines is 1. The van der Waals surface area contributed by atoms with Crippen LogP contribution in [0.1, 0.15) is 12.8 Å². The maximum absolute atomic E-state index is 6.16. The zero-order valence-corrected chi connectivity index (χ0v) is 15.7. The number of para-hydroxylation sites is 1. The summed E-state index contributed by atoms with van der Waals surface area (Å²) in [5.74, 6) is 0. The second-order valence-corrected chi connectivity index (χ2v) is 7.42. The molecule has 0 aliphatic carbocycles. The first-order valence-corrected chi connectivity index (χ1v) is 9.79. The Morgan fingerprint density at radius 1 is 0.964 bits per heavy atom. The monoisotopic (exact) mass is 369 g/mol. The van der Waals surface area contributed by atoms with Crippen LogP contribution >= 0.6 is 0 Å². The molecule has 2 aromatic carbocycles. The Bertz CT molecular complexity index is 1060. The zero-order chi connectivity index (χ0) is 18.9. The topological polar surface area (TPSA) is 70.8 Å². The van der Waals surface area contributed by atoms with Gasteiger partial charge in [0, 0.05) is 35.6 Å². The average molecular weight is 369 g/mol. The van der Waals surface area contributed by atoms with Crippen LogP contribution in [-0.4, -0.2) is 34.3 Å². The minimum atomic E-state index is 0.280. The Kier molecular flexibility index (Phi) is 4.29. The Morgan fingerprint density at radius 2 is 1.71 bits per heavy atom. The van der Waals surface area contributed by atoms with Gasteiger partial charge in [0.2, 0.25) is 0 Å². The summed E-state index contributed by atoms with van der Waals surface area (Å²) in [7, 11) is 0. The molecule has 140 valence electrons. The summed E-state index contributed by atoms with van der Waals surface area (Å²) >= 11 is 0. The van der Waals surface area contributed by atoms with Gasteiger partial charge in [0.1, 0.15) is 5.69 Å². The number of fused-ring (bicyclic) bond motifs is 1. The lowest BCUT2D eigenvalue weighted by Gasteiger charge is -2.34. The van der Waals surface area contributed by atoms with Crippen molar-refractivity contribution >= 4 is 16.6 Å². The molecule has 3 N–H and O–H groups in total. The van der Waals surface area contributed by atoms with Crippen molar-refractivity contribution in [3.8, 4) is 22.5 Å². The molecule has 4 aromatic rings. The first-order valence-electron chi connectivity index (χ1n) is 9.79. The summed E-state index contributed by atoms with van der Waals surface area (Å²) in [4.78, 5) is 5.94. The van der Waals surface area contributed by atoms with Crippen molar-refractivity contribution in [2.45, 2.75) is 18.9 Å². The number of rotatable bonds is 3. The quantitative estimate of drug-likeness (QED) is 0.567. The summed E-state index contributed by atoms with van der Waals surface area (Å²) in [5, 5.41) is 10.1. The lowest BCUT2D eigenvalue weighted by molar-refractivity contribution is 0.501. The number of benzene rings is 2. The van der Waals surface area contributed by atoms with Crippen LogP contribution in [0.4, 0.5) is 5.69 Å². The third-order valence-corrected chi connectivity index (χ3v) is 5.55. The maximum Gasteiger partial charge on any atom is 0.133 e. The SMILES string of the molecule is NC1CCN(c2c(-c3ccccc3)cnnc2-c2cc3ccccc3[nH]2)CC1. The second kappa shape index (κ2) is 7.09. The first-order chi connectivity index (χ1) is 13.8. The van der Waals surface area contributed by atoms with Crippen molar-refractivity contribution in [2.24, 2.45) is 5.73 Å². The summed E-state index contributed by atoms with van der Waals surface area (Å²) in [6.45, 7) is 1.86. The lowest BCUT2D eigenvalue weighted by atomic mass is 9.99. The van der Waals surface area contributed by atoms with E-state index in [-0.39, 0.29) is 6.04 Å². The Hall–Kier alpha value is -3.18. The van der Waals surface area contributed by atoms with Crippen molar-refractivity contribution in [3.05, 3.63) is 66.9 Å². The van der Waals surface area contributed by atoms with Gasteiger partial charge in [-0.1, -0.05) is 48.5 Å². The zero-order valence-electron chi connectivity index (χ0n) is 15.7. The fourth-order valence-electron chi connectivity index (χ4n) is 4.03. The van der Waals surface area contributed by atoms with E-state index in [1.54, 1.807) is 0 Å². The predicted molar refractivity (Wildman–Crippen MR) is 114 cm³/mol. The van der Waals surface area contributed by atoms with E-state index in [9.17, 15) is 0 Å². The number of hydrogen-bond acceptors (Lipinski definition) is 4. The van der Waals surface area contributed by atoms with Crippen LogP contribution in [0.5, 0.6) is 0 Å². The van der Waals surface area contributed by atoms with E-state index in [1.807, 2.05) is 18.3 Å². The van der Waals surface area contributed by atoms with E-state index in [0.717, 1.165) is 59.7 Å². The fourth-order valence-corrected chi connectivity index (χ4v) is 4.03. The van der Waals surface area contributed by atoms with E-state index in [0.29, 0.717) is 0 Å². The average Bonchev–Trinajstić information content (AvgIpc) is 3.19. The molecule has 0 saturated carbocycles. The second-order valence-electron chi connectivity index (χ2n) is 7.42. The molecule has 1 aliphatic rings. The largest absolute Gasteiger partial charge is 0.369 e. The van der Waals surface area contributed by atoms with Crippen molar-refractivity contribution in [3.63, 3.8) is 0 Å². The maximum atomic E-state index is 6.16. The van der Waals surface area contributed by atoms with Gasteiger partial charge >= 0.3 is 0 Å². The first kappa shape index (κ1) is 17.0. The van der Waals surface area contributed by atoms with E-state index in [2.05, 4.69) is 68.6 Å². The van der Waals surface area contributed by atoms with Gasteiger partial charge in [-0.2, -0.15) is 5.10 Å². The fraction of sp³-hybridized carbons (Fsp3) is 0.217. The molecular weight excluding hydrogens is 346 g/mol. The molecule has 2 aromatic heterocycles. The minimum Gasteiger partial charge on any atom is -0.369 e. The van der Waals surface area contributed by atoms with Gasteiger partial charge in [-0.3, -0.25) is 0 Å². The smallest absolute Gasteiger partial charge is 0.133 e. The van der Waals surface area contributed by atoms with Crippen LogP contribution in [0.15, 0.2) is 66.9 Å².